The standard InChI is InChI=1S/C12H9ClN2O2S/c13-11-8-14-12(15-9-11)18(16,17)7-6-10-4-2-1-3-5-10/h1-9H. The molecule has 0 saturated heterocycles. The molecule has 1 aromatic carbocycles. The maximum Gasteiger partial charge on any atom is 0.251 e. The van der Waals surface area contributed by atoms with Crippen molar-refractivity contribution in [1.29, 1.82) is 0 Å². The van der Waals surface area contributed by atoms with Crippen LogP contribution in [0.5, 0.6) is 0 Å². The minimum Gasteiger partial charge on any atom is -0.225 e. The summed E-state index contributed by atoms with van der Waals surface area (Å²) in [5, 5.41) is 1.10. The van der Waals surface area contributed by atoms with Crippen LogP contribution in [0.3, 0.4) is 0 Å². The summed E-state index contributed by atoms with van der Waals surface area (Å²) in [5.41, 5.74) is 0.787. The van der Waals surface area contributed by atoms with E-state index in [1.54, 1.807) is 12.1 Å². The molecule has 0 atom stereocenters. The lowest BCUT2D eigenvalue weighted by molar-refractivity contribution is 0.596. The van der Waals surface area contributed by atoms with Crippen molar-refractivity contribution >= 4 is 27.5 Å². The van der Waals surface area contributed by atoms with Crippen LogP contribution in [0.4, 0.5) is 0 Å². The van der Waals surface area contributed by atoms with Gasteiger partial charge >= 0.3 is 0 Å². The van der Waals surface area contributed by atoms with Crippen molar-refractivity contribution in [1.82, 2.24) is 9.97 Å². The first-order valence-corrected chi connectivity index (χ1v) is 6.96. The Balaban J connectivity index is 2.28. The molecule has 0 radical (unpaired) electrons. The molecule has 0 spiro atoms. The minimum atomic E-state index is -3.64. The fourth-order valence-electron chi connectivity index (χ4n) is 1.24. The van der Waals surface area contributed by atoms with Crippen molar-refractivity contribution in [3.63, 3.8) is 0 Å². The molecule has 0 aliphatic carbocycles. The predicted octanol–water partition coefficient (Wildman–Crippen LogP) is 2.57. The molecule has 4 nitrogen and oxygen atoms in total. The van der Waals surface area contributed by atoms with Gasteiger partial charge in [-0.1, -0.05) is 41.9 Å². The van der Waals surface area contributed by atoms with Gasteiger partial charge in [0.15, 0.2) is 0 Å². The van der Waals surface area contributed by atoms with E-state index >= 15 is 0 Å². The summed E-state index contributed by atoms with van der Waals surface area (Å²) in [7, 11) is -3.64. The Labute approximate surface area is 110 Å². The van der Waals surface area contributed by atoms with Crippen LogP contribution in [0.15, 0.2) is 53.3 Å². The average molecular weight is 281 g/mol. The Kier molecular flexibility index (Phi) is 3.74. The largest absolute Gasteiger partial charge is 0.251 e. The Morgan fingerprint density at radius 1 is 1.06 bits per heavy atom. The van der Waals surface area contributed by atoms with Crippen molar-refractivity contribution in [2.24, 2.45) is 0 Å². The quantitative estimate of drug-likeness (QED) is 0.811. The Hall–Kier alpha value is -1.72. The number of aromatic nitrogens is 2. The third kappa shape index (κ3) is 3.15. The fraction of sp³-hybridized carbons (Fsp3) is 0. The monoisotopic (exact) mass is 280 g/mol. The number of sulfone groups is 1. The second-order valence-corrected chi connectivity index (χ2v) is 5.61. The van der Waals surface area contributed by atoms with Crippen LogP contribution >= 0.6 is 11.6 Å². The summed E-state index contributed by atoms with van der Waals surface area (Å²) in [4.78, 5) is 7.36. The molecule has 2 aromatic rings. The highest BCUT2D eigenvalue weighted by molar-refractivity contribution is 7.94. The number of benzene rings is 1. The number of hydrogen-bond donors (Lipinski definition) is 0. The average Bonchev–Trinajstić information content (AvgIpc) is 2.38. The number of hydrogen-bond acceptors (Lipinski definition) is 4. The molecule has 0 aliphatic heterocycles. The van der Waals surface area contributed by atoms with Crippen LogP contribution < -0.4 is 0 Å². The Morgan fingerprint density at radius 3 is 2.28 bits per heavy atom. The first kappa shape index (κ1) is 12.7. The maximum atomic E-state index is 11.9. The number of nitrogens with zero attached hydrogens (tertiary/aromatic N) is 2. The molecule has 92 valence electrons. The van der Waals surface area contributed by atoms with Gasteiger partial charge < -0.3 is 0 Å². The van der Waals surface area contributed by atoms with E-state index in [1.807, 2.05) is 18.2 Å². The van der Waals surface area contributed by atoms with Crippen molar-refractivity contribution in [3.8, 4) is 0 Å². The molecule has 0 fully saturated rings. The lowest BCUT2D eigenvalue weighted by Crippen LogP contribution is -2.02. The lowest BCUT2D eigenvalue weighted by Gasteiger charge is -1.97. The highest BCUT2D eigenvalue weighted by Crippen LogP contribution is 2.11. The third-order valence-corrected chi connectivity index (χ3v) is 3.50. The lowest BCUT2D eigenvalue weighted by atomic mass is 10.2. The molecule has 2 rings (SSSR count). The van der Waals surface area contributed by atoms with E-state index in [-0.39, 0.29) is 5.16 Å². The van der Waals surface area contributed by atoms with Crippen molar-refractivity contribution in [2.75, 3.05) is 0 Å². The van der Waals surface area contributed by atoms with E-state index in [4.69, 9.17) is 11.6 Å². The molecule has 0 amide bonds. The normalized spacial score (nSPS) is 11.8. The van der Waals surface area contributed by atoms with Crippen molar-refractivity contribution < 1.29 is 8.42 Å². The van der Waals surface area contributed by atoms with E-state index in [2.05, 4.69) is 9.97 Å². The molecule has 0 unspecified atom stereocenters. The van der Waals surface area contributed by atoms with Gasteiger partial charge in [-0.05, 0) is 11.6 Å². The summed E-state index contributed by atoms with van der Waals surface area (Å²) in [6.45, 7) is 0. The second kappa shape index (κ2) is 5.29. The summed E-state index contributed by atoms with van der Waals surface area (Å²) in [6.07, 6.45) is 3.99. The molecule has 0 aliphatic rings. The highest BCUT2D eigenvalue weighted by atomic mass is 35.5. The van der Waals surface area contributed by atoms with Crippen LogP contribution in [-0.4, -0.2) is 18.4 Å². The zero-order valence-corrected chi connectivity index (χ0v) is 10.8. The number of rotatable bonds is 3. The van der Waals surface area contributed by atoms with Gasteiger partial charge in [0.1, 0.15) is 0 Å². The number of halogens is 1. The molecule has 1 aromatic heterocycles. The van der Waals surface area contributed by atoms with Crippen LogP contribution in [0, 0.1) is 0 Å². The third-order valence-electron chi connectivity index (χ3n) is 2.09. The van der Waals surface area contributed by atoms with Gasteiger partial charge in [0.05, 0.1) is 17.4 Å². The Bertz CT molecular complexity index is 652. The van der Waals surface area contributed by atoms with Gasteiger partial charge in [-0.3, -0.25) is 0 Å². The van der Waals surface area contributed by atoms with E-state index < -0.39 is 9.84 Å². The zero-order chi connectivity index (χ0) is 13.0. The summed E-state index contributed by atoms with van der Waals surface area (Å²) < 4.78 is 23.7. The van der Waals surface area contributed by atoms with Crippen LogP contribution in [0.1, 0.15) is 5.56 Å². The molecule has 0 N–H and O–H groups in total. The Morgan fingerprint density at radius 2 is 1.67 bits per heavy atom. The molecular formula is C12H9ClN2O2S. The topological polar surface area (TPSA) is 59.9 Å². The molecule has 6 heteroatoms. The smallest absolute Gasteiger partial charge is 0.225 e. The van der Waals surface area contributed by atoms with E-state index in [9.17, 15) is 8.42 Å². The second-order valence-electron chi connectivity index (χ2n) is 3.44. The summed E-state index contributed by atoms with van der Waals surface area (Å²) >= 11 is 5.60. The molecule has 0 bridgehead atoms. The maximum absolute atomic E-state index is 11.9. The van der Waals surface area contributed by atoms with Gasteiger partial charge in [-0.15, -0.1) is 0 Å². The summed E-state index contributed by atoms with van der Waals surface area (Å²) in [6, 6.07) is 9.10. The van der Waals surface area contributed by atoms with Crippen molar-refractivity contribution in [3.05, 3.63) is 58.7 Å². The molecular weight excluding hydrogens is 272 g/mol. The van der Waals surface area contributed by atoms with E-state index in [0.29, 0.717) is 5.02 Å². The first-order valence-electron chi connectivity index (χ1n) is 5.04. The highest BCUT2D eigenvalue weighted by Gasteiger charge is 2.13. The van der Waals surface area contributed by atoms with Crippen LogP contribution in [0.2, 0.25) is 5.02 Å². The SMILES string of the molecule is O=S(=O)(C=Cc1ccccc1)c1ncc(Cl)cn1. The van der Waals surface area contributed by atoms with Gasteiger partial charge in [-0.25, -0.2) is 18.4 Å². The van der Waals surface area contributed by atoms with Gasteiger partial charge in [-0.2, -0.15) is 0 Å². The first-order chi connectivity index (χ1) is 8.58. The van der Waals surface area contributed by atoms with Gasteiger partial charge in [0, 0.05) is 5.41 Å². The fourth-order valence-corrected chi connectivity index (χ4v) is 2.20. The van der Waals surface area contributed by atoms with E-state index in [1.165, 1.54) is 18.5 Å². The molecule has 1 heterocycles. The van der Waals surface area contributed by atoms with Crippen LogP contribution in [-0.2, 0) is 9.84 Å². The minimum absolute atomic E-state index is 0.265. The van der Waals surface area contributed by atoms with Gasteiger partial charge in [0.25, 0.3) is 5.16 Å². The molecule has 18 heavy (non-hydrogen) atoms. The zero-order valence-electron chi connectivity index (χ0n) is 9.19. The van der Waals surface area contributed by atoms with Crippen LogP contribution in [0.25, 0.3) is 6.08 Å². The summed E-state index contributed by atoms with van der Waals surface area (Å²) in [5.74, 6) is 0. The van der Waals surface area contributed by atoms with E-state index in [0.717, 1.165) is 11.0 Å². The van der Waals surface area contributed by atoms with Gasteiger partial charge in [0.2, 0.25) is 9.84 Å². The predicted molar refractivity (Wildman–Crippen MR) is 69.7 cm³/mol. The molecule has 0 saturated carbocycles. The van der Waals surface area contributed by atoms with Crippen molar-refractivity contribution in [2.45, 2.75) is 5.16 Å².